The van der Waals surface area contributed by atoms with E-state index < -0.39 is 12.0 Å². The molecule has 18 heavy (non-hydrogen) atoms. The zero-order valence-electron chi connectivity index (χ0n) is 11.7. The number of hydrogen-bond donors (Lipinski definition) is 2. The highest BCUT2D eigenvalue weighted by atomic mass is 16.4. The Bertz CT molecular complexity index is 312. The molecule has 0 aliphatic heterocycles. The Labute approximate surface area is 109 Å². The molecule has 1 saturated carbocycles. The molecule has 1 rings (SSSR count). The highest BCUT2D eigenvalue weighted by Crippen LogP contribution is 2.42. The summed E-state index contributed by atoms with van der Waals surface area (Å²) in [5, 5.41) is 11.8. The van der Waals surface area contributed by atoms with Gasteiger partial charge in [0, 0.05) is 5.92 Å². The van der Waals surface area contributed by atoms with Crippen molar-refractivity contribution in [1.29, 1.82) is 0 Å². The Kier molecular flexibility index (Phi) is 5.17. The van der Waals surface area contributed by atoms with E-state index in [1.807, 2.05) is 6.92 Å². The second-order valence-corrected chi connectivity index (χ2v) is 5.98. The van der Waals surface area contributed by atoms with Crippen LogP contribution in [0, 0.1) is 11.3 Å². The maximum atomic E-state index is 12.2. The lowest BCUT2D eigenvalue weighted by Crippen LogP contribution is -2.45. The molecule has 0 aromatic rings. The molecule has 0 radical (unpaired) electrons. The minimum Gasteiger partial charge on any atom is -0.480 e. The van der Waals surface area contributed by atoms with Gasteiger partial charge in [-0.1, -0.05) is 40.0 Å². The average molecular weight is 255 g/mol. The van der Waals surface area contributed by atoms with E-state index in [9.17, 15) is 9.59 Å². The minimum atomic E-state index is -0.924. The molecule has 0 aromatic carbocycles. The van der Waals surface area contributed by atoms with E-state index >= 15 is 0 Å². The SMILES string of the molecule is CCCC[C@H](NC(=O)C1CCCC1(C)C)C(=O)O. The predicted molar refractivity (Wildman–Crippen MR) is 70.2 cm³/mol. The van der Waals surface area contributed by atoms with Crippen LogP contribution >= 0.6 is 0 Å². The summed E-state index contributed by atoms with van der Waals surface area (Å²) in [6.45, 7) is 6.19. The zero-order valence-corrected chi connectivity index (χ0v) is 11.7. The van der Waals surface area contributed by atoms with Gasteiger partial charge in [0.1, 0.15) is 6.04 Å². The zero-order chi connectivity index (χ0) is 13.8. The van der Waals surface area contributed by atoms with Crippen LogP contribution in [0.5, 0.6) is 0 Å². The summed E-state index contributed by atoms with van der Waals surface area (Å²) in [6, 6.07) is -0.728. The molecule has 1 aliphatic carbocycles. The molecular formula is C14H25NO3. The van der Waals surface area contributed by atoms with Crippen molar-refractivity contribution >= 4 is 11.9 Å². The molecule has 0 bridgehead atoms. The second kappa shape index (κ2) is 6.21. The fraction of sp³-hybridized carbons (Fsp3) is 0.857. The Morgan fingerprint density at radius 1 is 1.44 bits per heavy atom. The van der Waals surface area contributed by atoms with Crippen LogP contribution in [0.1, 0.15) is 59.3 Å². The van der Waals surface area contributed by atoms with Gasteiger partial charge in [-0.25, -0.2) is 4.79 Å². The molecule has 1 unspecified atom stereocenters. The van der Waals surface area contributed by atoms with Crippen molar-refractivity contribution in [3.8, 4) is 0 Å². The topological polar surface area (TPSA) is 66.4 Å². The predicted octanol–water partition coefficient (Wildman–Crippen LogP) is 2.57. The average Bonchev–Trinajstić information content (AvgIpc) is 2.63. The quantitative estimate of drug-likeness (QED) is 0.766. The van der Waals surface area contributed by atoms with Gasteiger partial charge in [-0.2, -0.15) is 0 Å². The van der Waals surface area contributed by atoms with Crippen LogP contribution in [0.4, 0.5) is 0 Å². The van der Waals surface area contributed by atoms with Gasteiger partial charge in [-0.3, -0.25) is 4.79 Å². The molecule has 4 heteroatoms. The standard InChI is InChI=1S/C14H25NO3/c1-4-5-8-11(13(17)18)15-12(16)10-7-6-9-14(10,2)3/h10-11H,4-9H2,1-3H3,(H,15,16)(H,17,18)/t10?,11-/m0/s1. The highest BCUT2D eigenvalue weighted by Gasteiger charge is 2.40. The van der Waals surface area contributed by atoms with E-state index in [1.54, 1.807) is 0 Å². The van der Waals surface area contributed by atoms with Crippen LogP contribution in [0.25, 0.3) is 0 Å². The van der Waals surface area contributed by atoms with Gasteiger partial charge in [0.2, 0.25) is 5.91 Å². The van der Waals surface area contributed by atoms with Crippen LogP contribution in [0.3, 0.4) is 0 Å². The van der Waals surface area contributed by atoms with E-state index in [4.69, 9.17) is 5.11 Å². The summed E-state index contributed by atoms with van der Waals surface area (Å²) in [5.41, 5.74) is -0.00209. The number of hydrogen-bond acceptors (Lipinski definition) is 2. The Hall–Kier alpha value is -1.06. The number of carboxylic acids is 1. The fourth-order valence-corrected chi connectivity index (χ4v) is 2.75. The first-order valence-corrected chi connectivity index (χ1v) is 6.91. The molecule has 1 aliphatic rings. The molecule has 0 saturated heterocycles. The summed E-state index contributed by atoms with van der Waals surface area (Å²) < 4.78 is 0. The third-order valence-corrected chi connectivity index (χ3v) is 4.03. The van der Waals surface area contributed by atoms with Crippen molar-refractivity contribution in [3.05, 3.63) is 0 Å². The van der Waals surface area contributed by atoms with E-state index in [-0.39, 0.29) is 17.2 Å². The van der Waals surface area contributed by atoms with Crippen molar-refractivity contribution in [2.24, 2.45) is 11.3 Å². The summed E-state index contributed by atoms with van der Waals surface area (Å²) in [7, 11) is 0. The van der Waals surface area contributed by atoms with Crippen molar-refractivity contribution in [1.82, 2.24) is 5.32 Å². The fourth-order valence-electron chi connectivity index (χ4n) is 2.75. The van der Waals surface area contributed by atoms with Gasteiger partial charge < -0.3 is 10.4 Å². The largest absolute Gasteiger partial charge is 0.480 e. The molecular weight excluding hydrogens is 230 g/mol. The number of carboxylic acid groups (broad SMARTS) is 1. The normalized spacial score (nSPS) is 23.6. The Morgan fingerprint density at radius 2 is 2.11 bits per heavy atom. The van der Waals surface area contributed by atoms with E-state index in [0.29, 0.717) is 6.42 Å². The van der Waals surface area contributed by atoms with Crippen molar-refractivity contribution in [3.63, 3.8) is 0 Å². The lowest BCUT2D eigenvalue weighted by atomic mass is 9.81. The van der Waals surface area contributed by atoms with Crippen LogP contribution in [0.2, 0.25) is 0 Å². The first-order valence-electron chi connectivity index (χ1n) is 6.91. The van der Waals surface area contributed by atoms with Crippen LogP contribution < -0.4 is 5.32 Å². The summed E-state index contributed by atoms with van der Waals surface area (Å²) in [5.74, 6) is -1.05. The third kappa shape index (κ3) is 3.72. The van der Waals surface area contributed by atoms with Crippen molar-refractivity contribution < 1.29 is 14.7 Å². The molecule has 2 N–H and O–H groups in total. The first kappa shape index (κ1) is 15.0. The van der Waals surface area contributed by atoms with Crippen LogP contribution in [0.15, 0.2) is 0 Å². The van der Waals surface area contributed by atoms with Gasteiger partial charge in [-0.05, 0) is 24.7 Å². The van der Waals surface area contributed by atoms with Crippen molar-refractivity contribution in [2.45, 2.75) is 65.3 Å². The molecule has 0 heterocycles. The van der Waals surface area contributed by atoms with Gasteiger partial charge in [0.15, 0.2) is 0 Å². The third-order valence-electron chi connectivity index (χ3n) is 4.03. The smallest absolute Gasteiger partial charge is 0.326 e. The molecule has 4 nitrogen and oxygen atoms in total. The van der Waals surface area contributed by atoms with Crippen molar-refractivity contribution in [2.75, 3.05) is 0 Å². The van der Waals surface area contributed by atoms with Gasteiger partial charge in [0.05, 0.1) is 0 Å². The summed E-state index contributed by atoms with van der Waals surface area (Å²) in [4.78, 5) is 23.3. The van der Waals surface area contributed by atoms with Gasteiger partial charge in [0.25, 0.3) is 0 Å². The summed E-state index contributed by atoms with van der Waals surface area (Å²) >= 11 is 0. The van der Waals surface area contributed by atoms with E-state index in [1.165, 1.54) is 0 Å². The number of nitrogens with one attached hydrogen (secondary N) is 1. The molecule has 0 spiro atoms. The minimum absolute atomic E-state index is 0.00209. The maximum Gasteiger partial charge on any atom is 0.326 e. The number of aliphatic carboxylic acids is 1. The first-order chi connectivity index (χ1) is 8.38. The van der Waals surface area contributed by atoms with Gasteiger partial charge in [-0.15, -0.1) is 0 Å². The second-order valence-electron chi connectivity index (χ2n) is 5.98. The lowest BCUT2D eigenvalue weighted by molar-refractivity contribution is -0.143. The molecule has 104 valence electrons. The number of amides is 1. The lowest BCUT2D eigenvalue weighted by Gasteiger charge is -2.27. The molecule has 0 aromatic heterocycles. The number of carbonyl (C=O) groups is 2. The maximum absolute atomic E-state index is 12.2. The van der Waals surface area contributed by atoms with Crippen LogP contribution in [-0.4, -0.2) is 23.0 Å². The molecule has 2 atom stereocenters. The number of carbonyl (C=O) groups excluding carboxylic acids is 1. The summed E-state index contributed by atoms with van der Waals surface area (Å²) in [6.07, 6.45) is 5.25. The molecule has 1 fully saturated rings. The van der Waals surface area contributed by atoms with E-state index in [2.05, 4.69) is 19.2 Å². The Balaban J connectivity index is 2.58. The monoisotopic (exact) mass is 255 g/mol. The highest BCUT2D eigenvalue weighted by molar-refractivity contribution is 5.85. The Morgan fingerprint density at radius 3 is 2.56 bits per heavy atom. The van der Waals surface area contributed by atoms with Gasteiger partial charge >= 0.3 is 5.97 Å². The van der Waals surface area contributed by atoms with E-state index in [0.717, 1.165) is 32.1 Å². The number of rotatable bonds is 6. The number of unbranched alkanes of at least 4 members (excludes halogenated alkanes) is 1. The molecule has 1 amide bonds. The van der Waals surface area contributed by atoms with Crippen LogP contribution in [-0.2, 0) is 9.59 Å².